The van der Waals surface area contributed by atoms with Crippen LogP contribution in [0.1, 0.15) is 40.9 Å². The van der Waals surface area contributed by atoms with Crippen molar-refractivity contribution in [2.24, 2.45) is 11.3 Å². The molecule has 1 aromatic heterocycles. The lowest BCUT2D eigenvalue weighted by Crippen LogP contribution is -2.40. The summed E-state index contributed by atoms with van der Waals surface area (Å²) >= 11 is 1.67. The molecule has 3 heteroatoms. The van der Waals surface area contributed by atoms with E-state index in [9.17, 15) is 9.59 Å². The number of carbonyl (C=O) groups excluding carboxylic acids is 2. The molecule has 3 rings (SSSR count). The molecular weight excluding hydrogens is 220 g/mol. The second kappa shape index (κ2) is 3.52. The van der Waals surface area contributed by atoms with Crippen LogP contribution in [0.3, 0.4) is 0 Å². The largest absolute Gasteiger partial charge is 0.303 e. The van der Waals surface area contributed by atoms with Gasteiger partial charge in [0.1, 0.15) is 6.29 Å². The van der Waals surface area contributed by atoms with Gasteiger partial charge in [-0.05, 0) is 36.1 Å². The summed E-state index contributed by atoms with van der Waals surface area (Å²) in [5.74, 6) is -0.309. The molecule has 1 fully saturated rings. The van der Waals surface area contributed by atoms with Gasteiger partial charge in [-0.1, -0.05) is 12.8 Å². The van der Waals surface area contributed by atoms with Gasteiger partial charge in [-0.15, -0.1) is 11.3 Å². The van der Waals surface area contributed by atoms with Crippen molar-refractivity contribution in [1.29, 1.82) is 0 Å². The zero-order valence-electron chi connectivity index (χ0n) is 9.07. The second-order valence-corrected chi connectivity index (χ2v) is 5.98. The van der Waals surface area contributed by atoms with Crippen LogP contribution in [0.2, 0.25) is 0 Å². The third-order valence-corrected chi connectivity index (χ3v) is 5.12. The SMILES string of the molecule is O=CC1C(=O)c2ccsc2CC12CCCC2. The van der Waals surface area contributed by atoms with Crippen LogP contribution < -0.4 is 0 Å². The highest BCUT2D eigenvalue weighted by molar-refractivity contribution is 7.10. The fourth-order valence-electron chi connectivity index (χ4n) is 3.35. The van der Waals surface area contributed by atoms with E-state index in [1.165, 1.54) is 17.7 Å². The molecular formula is C13H14O2S. The van der Waals surface area contributed by atoms with Crippen molar-refractivity contribution in [2.45, 2.75) is 32.1 Å². The van der Waals surface area contributed by atoms with Gasteiger partial charge in [0.25, 0.3) is 0 Å². The standard InChI is InChI=1S/C13H14O2S/c14-8-10-12(15)9-3-6-16-11(9)7-13(10)4-1-2-5-13/h3,6,8,10H,1-2,4-5,7H2. The predicted molar refractivity (Wildman–Crippen MR) is 62.8 cm³/mol. The summed E-state index contributed by atoms with van der Waals surface area (Å²) in [4.78, 5) is 24.7. The maximum atomic E-state index is 12.2. The van der Waals surface area contributed by atoms with Gasteiger partial charge < -0.3 is 4.79 Å². The highest BCUT2D eigenvalue weighted by Gasteiger charge is 2.49. The molecule has 1 heterocycles. The number of thiophene rings is 1. The maximum Gasteiger partial charge on any atom is 0.174 e. The Labute approximate surface area is 98.7 Å². The van der Waals surface area contributed by atoms with Crippen LogP contribution in [0, 0.1) is 11.3 Å². The summed E-state index contributed by atoms with van der Waals surface area (Å²) < 4.78 is 0. The van der Waals surface area contributed by atoms with Crippen molar-refractivity contribution in [1.82, 2.24) is 0 Å². The lowest BCUT2D eigenvalue weighted by molar-refractivity contribution is -0.113. The number of rotatable bonds is 1. The quantitative estimate of drug-likeness (QED) is 0.553. The van der Waals surface area contributed by atoms with Crippen molar-refractivity contribution in [3.05, 3.63) is 21.9 Å². The average Bonchev–Trinajstić information content (AvgIpc) is 2.89. The number of aldehydes is 1. The second-order valence-electron chi connectivity index (χ2n) is 4.98. The molecule has 2 nitrogen and oxygen atoms in total. The van der Waals surface area contributed by atoms with Gasteiger partial charge in [0.05, 0.1) is 5.92 Å². The Morgan fingerprint density at radius 1 is 1.38 bits per heavy atom. The summed E-state index contributed by atoms with van der Waals surface area (Å²) in [7, 11) is 0. The third-order valence-electron chi connectivity index (χ3n) is 4.20. The number of ketones is 1. The van der Waals surface area contributed by atoms with Crippen molar-refractivity contribution in [3.63, 3.8) is 0 Å². The smallest absolute Gasteiger partial charge is 0.174 e. The van der Waals surface area contributed by atoms with Gasteiger partial charge in [-0.2, -0.15) is 0 Å². The van der Waals surface area contributed by atoms with Gasteiger partial charge in [0.2, 0.25) is 0 Å². The fraction of sp³-hybridized carbons (Fsp3) is 0.538. The van der Waals surface area contributed by atoms with Gasteiger partial charge in [-0.25, -0.2) is 0 Å². The van der Waals surface area contributed by atoms with Crippen LogP contribution in [0.4, 0.5) is 0 Å². The fourth-order valence-corrected chi connectivity index (χ4v) is 4.38. The van der Waals surface area contributed by atoms with E-state index < -0.39 is 0 Å². The molecule has 0 amide bonds. The molecule has 16 heavy (non-hydrogen) atoms. The van der Waals surface area contributed by atoms with Gasteiger partial charge >= 0.3 is 0 Å². The Morgan fingerprint density at radius 3 is 2.81 bits per heavy atom. The Kier molecular flexibility index (Phi) is 2.25. The molecule has 1 unspecified atom stereocenters. The predicted octanol–water partition coefficient (Wildman–Crippen LogP) is 2.86. The molecule has 0 saturated heterocycles. The lowest BCUT2D eigenvalue weighted by Gasteiger charge is -2.37. The molecule has 1 atom stereocenters. The molecule has 1 aromatic rings. The molecule has 0 aliphatic heterocycles. The summed E-state index contributed by atoms with van der Waals surface area (Å²) in [5, 5.41) is 1.97. The Morgan fingerprint density at radius 2 is 2.12 bits per heavy atom. The molecule has 0 radical (unpaired) electrons. The van der Waals surface area contributed by atoms with Gasteiger partial charge in [0.15, 0.2) is 5.78 Å². The molecule has 2 aliphatic carbocycles. The normalized spacial score (nSPS) is 27.0. The first-order valence-corrected chi connectivity index (χ1v) is 6.71. The maximum absolute atomic E-state index is 12.2. The van der Waals surface area contributed by atoms with Crippen LogP contribution in [-0.2, 0) is 11.2 Å². The number of carbonyl (C=O) groups is 2. The minimum absolute atomic E-state index is 0.0311. The molecule has 0 N–H and O–H groups in total. The zero-order chi connectivity index (χ0) is 11.2. The summed E-state index contributed by atoms with van der Waals surface area (Å²) in [5.41, 5.74) is 0.774. The van der Waals surface area contributed by atoms with E-state index in [2.05, 4.69) is 0 Å². The minimum Gasteiger partial charge on any atom is -0.303 e. The van der Waals surface area contributed by atoms with E-state index in [4.69, 9.17) is 0 Å². The first-order valence-electron chi connectivity index (χ1n) is 5.83. The highest BCUT2D eigenvalue weighted by atomic mass is 32.1. The molecule has 0 bridgehead atoms. The van der Waals surface area contributed by atoms with E-state index in [1.54, 1.807) is 11.3 Å². The Hall–Kier alpha value is -0.960. The first-order chi connectivity index (χ1) is 7.77. The summed E-state index contributed by atoms with van der Waals surface area (Å²) in [6.07, 6.45) is 6.25. The van der Waals surface area contributed by atoms with Crippen molar-refractivity contribution >= 4 is 23.4 Å². The zero-order valence-corrected chi connectivity index (χ0v) is 9.89. The van der Waals surface area contributed by atoms with E-state index >= 15 is 0 Å². The number of hydrogen-bond acceptors (Lipinski definition) is 3. The van der Waals surface area contributed by atoms with Gasteiger partial charge in [0, 0.05) is 10.4 Å². The summed E-state index contributed by atoms with van der Waals surface area (Å²) in [6.45, 7) is 0. The molecule has 2 aliphatic rings. The molecule has 84 valence electrons. The minimum atomic E-state index is -0.378. The number of hydrogen-bond donors (Lipinski definition) is 0. The Bertz CT molecular complexity index is 441. The van der Waals surface area contributed by atoms with E-state index in [0.29, 0.717) is 0 Å². The van der Waals surface area contributed by atoms with Crippen molar-refractivity contribution in [3.8, 4) is 0 Å². The van der Waals surface area contributed by atoms with Crippen LogP contribution in [-0.4, -0.2) is 12.1 Å². The van der Waals surface area contributed by atoms with E-state index in [0.717, 1.165) is 31.1 Å². The van der Waals surface area contributed by atoms with E-state index in [-0.39, 0.29) is 17.1 Å². The van der Waals surface area contributed by atoms with Gasteiger partial charge in [-0.3, -0.25) is 4.79 Å². The van der Waals surface area contributed by atoms with Crippen LogP contribution in [0.15, 0.2) is 11.4 Å². The van der Waals surface area contributed by atoms with Crippen LogP contribution in [0.5, 0.6) is 0 Å². The topological polar surface area (TPSA) is 34.1 Å². The van der Waals surface area contributed by atoms with Crippen molar-refractivity contribution in [2.75, 3.05) is 0 Å². The molecule has 0 aromatic carbocycles. The third kappa shape index (κ3) is 1.24. The average molecular weight is 234 g/mol. The van der Waals surface area contributed by atoms with Crippen molar-refractivity contribution < 1.29 is 9.59 Å². The first kappa shape index (κ1) is 10.2. The monoisotopic (exact) mass is 234 g/mol. The van der Waals surface area contributed by atoms with E-state index in [1.807, 2.05) is 11.4 Å². The number of fused-ring (bicyclic) bond motifs is 1. The lowest BCUT2D eigenvalue weighted by atomic mass is 9.65. The van der Waals surface area contributed by atoms with Crippen LogP contribution >= 0.6 is 11.3 Å². The molecule has 1 spiro atoms. The Balaban J connectivity index is 2.09. The number of Topliss-reactive ketones (excluding diaryl/α,β-unsaturated/α-hetero) is 1. The highest BCUT2D eigenvalue weighted by Crippen LogP contribution is 2.51. The summed E-state index contributed by atoms with van der Waals surface area (Å²) in [6, 6.07) is 1.88. The molecule has 1 saturated carbocycles. The van der Waals surface area contributed by atoms with Crippen LogP contribution in [0.25, 0.3) is 0 Å².